The van der Waals surface area contributed by atoms with Gasteiger partial charge in [-0.05, 0) is 38.2 Å². The molecule has 1 aromatic rings. The molecule has 1 unspecified atom stereocenters. The van der Waals surface area contributed by atoms with E-state index in [1.165, 1.54) is 12.1 Å². The predicted octanol–water partition coefficient (Wildman–Crippen LogP) is -0.101. The Labute approximate surface area is 147 Å². The van der Waals surface area contributed by atoms with Gasteiger partial charge in [0.15, 0.2) is 0 Å². The van der Waals surface area contributed by atoms with Crippen LogP contribution in [0.4, 0.5) is 0 Å². The highest BCUT2D eigenvalue weighted by atomic mass is 32.2. The fourth-order valence-corrected chi connectivity index (χ4v) is 4.08. The molecule has 1 atom stereocenters. The molecule has 1 aliphatic heterocycles. The minimum atomic E-state index is -3.88. The summed E-state index contributed by atoms with van der Waals surface area (Å²) in [7, 11) is -2.10. The number of benzene rings is 1. The normalized spacial score (nSPS) is 18.9. The average molecular weight is 367 g/mol. The van der Waals surface area contributed by atoms with Gasteiger partial charge in [0.25, 0.3) is 5.91 Å². The number of sulfonamides is 1. The number of nitrogens with zero attached hydrogens (tertiary/aromatic N) is 2. The third kappa shape index (κ3) is 4.49. The van der Waals surface area contributed by atoms with Crippen molar-refractivity contribution in [2.24, 2.45) is 0 Å². The van der Waals surface area contributed by atoms with E-state index in [4.69, 9.17) is 9.94 Å². The Morgan fingerprint density at radius 3 is 2.64 bits per heavy atom. The molecule has 1 amide bonds. The maximum Gasteiger partial charge on any atom is 0.263 e. The minimum Gasteiger partial charge on any atom is -0.481 e. The van der Waals surface area contributed by atoms with Crippen LogP contribution in [-0.4, -0.2) is 68.1 Å². The number of nitrogens with one attached hydrogen (secondary N) is 1. The lowest BCUT2D eigenvalue weighted by Crippen LogP contribution is -2.59. The van der Waals surface area contributed by atoms with Crippen molar-refractivity contribution < 1.29 is 23.2 Å². The van der Waals surface area contributed by atoms with Crippen LogP contribution in [0.15, 0.2) is 29.2 Å². The van der Waals surface area contributed by atoms with E-state index in [0.29, 0.717) is 12.3 Å². The Bertz CT molecular complexity index is 767. The van der Waals surface area contributed by atoms with E-state index in [1.807, 2.05) is 4.90 Å². The summed E-state index contributed by atoms with van der Waals surface area (Å²) in [6.07, 6.45) is 0. The van der Waals surface area contributed by atoms with Crippen molar-refractivity contribution in [1.29, 1.82) is 0 Å². The standard InChI is InChI=1S/C16H21N3O5S/c1-3-4-11-24-13-5-7-14(8-6-13)25(22,23)19-10-9-18(2)12-15(19)16(20)17-21/h5-8,15,21H,9-12H2,1-2H3,(H,17,20). The number of likely N-dealkylation sites (N-methyl/N-ethyl adjacent to an activating group) is 1. The van der Waals surface area contributed by atoms with E-state index in [-0.39, 0.29) is 24.6 Å². The first-order chi connectivity index (χ1) is 11.9. The minimum absolute atomic E-state index is 0.0571. The van der Waals surface area contributed by atoms with Crippen molar-refractivity contribution in [3.63, 3.8) is 0 Å². The second-order valence-corrected chi connectivity index (χ2v) is 7.45. The van der Waals surface area contributed by atoms with Gasteiger partial charge >= 0.3 is 0 Å². The summed E-state index contributed by atoms with van der Waals surface area (Å²) in [6, 6.07) is 4.94. The van der Waals surface area contributed by atoms with Crippen molar-refractivity contribution in [1.82, 2.24) is 14.7 Å². The van der Waals surface area contributed by atoms with E-state index < -0.39 is 22.0 Å². The molecule has 0 spiro atoms. The summed E-state index contributed by atoms with van der Waals surface area (Å²) in [5.41, 5.74) is 1.54. The molecule has 9 heteroatoms. The topological polar surface area (TPSA) is 99.2 Å². The van der Waals surface area contributed by atoms with Gasteiger partial charge in [0.1, 0.15) is 18.4 Å². The lowest BCUT2D eigenvalue weighted by Gasteiger charge is -2.37. The van der Waals surface area contributed by atoms with Gasteiger partial charge < -0.3 is 9.64 Å². The largest absolute Gasteiger partial charge is 0.481 e. The van der Waals surface area contributed by atoms with Gasteiger partial charge in [-0.3, -0.25) is 10.0 Å². The van der Waals surface area contributed by atoms with Gasteiger partial charge in [0.05, 0.1) is 4.90 Å². The number of piperazine rings is 1. The van der Waals surface area contributed by atoms with E-state index in [9.17, 15) is 13.2 Å². The molecule has 0 bridgehead atoms. The van der Waals surface area contributed by atoms with Crippen LogP contribution in [0.5, 0.6) is 5.75 Å². The van der Waals surface area contributed by atoms with Crippen molar-refractivity contribution in [3.8, 4) is 17.6 Å². The van der Waals surface area contributed by atoms with Crippen LogP contribution in [0, 0.1) is 11.8 Å². The fraction of sp³-hybridized carbons (Fsp3) is 0.438. The first kappa shape index (κ1) is 19.2. The van der Waals surface area contributed by atoms with Crippen LogP contribution in [0.1, 0.15) is 6.92 Å². The summed E-state index contributed by atoms with van der Waals surface area (Å²) in [4.78, 5) is 13.8. The molecular weight excluding hydrogens is 346 g/mol. The lowest BCUT2D eigenvalue weighted by atomic mass is 10.2. The SMILES string of the molecule is CC#CCOc1ccc(S(=O)(=O)N2CCN(C)CC2C(=O)NO)cc1. The van der Waals surface area contributed by atoms with Crippen molar-refractivity contribution in [2.45, 2.75) is 17.9 Å². The Kier molecular flexibility index (Phi) is 6.39. The van der Waals surface area contributed by atoms with Gasteiger partial charge in [-0.2, -0.15) is 4.31 Å². The monoisotopic (exact) mass is 367 g/mol. The highest BCUT2D eigenvalue weighted by molar-refractivity contribution is 7.89. The van der Waals surface area contributed by atoms with Crippen LogP contribution < -0.4 is 10.2 Å². The molecule has 2 N–H and O–H groups in total. The van der Waals surface area contributed by atoms with Gasteiger partial charge in [0.2, 0.25) is 10.0 Å². The second kappa shape index (κ2) is 8.31. The summed E-state index contributed by atoms with van der Waals surface area (Å²) < 4.78 is 32.2. The van der Waals surface area contributed by atoms with Crippen LogP contribution in [0.2, 0.25) is 0 Å². The number of carbonyl (C=O) groups is 1. The van der Waals surface area contributed by atoms with Crippen LogP contribution in [0.25, 0.3) is 0 Å². The molecule has 136 valence electrons. The number of amides is 1. The molecule has 0 saturated carbocycles. The fourth-order valence-electron chi connectivity index (χ4n) is 2.51. The zero-order valence-corrected chi connectivity index (χ0v) is 14.9. The molecule has 0 aliphatic carbocycles. The molecule has 25 heavy (non-hydrogen) atoms. The number of ether oxygens (including phenoxy) is 1. The average Bonchev–Trinajstić information content (AvgIpc) is 2.61. The number of hydrogen-bond donors (Lipinski definition) is 2. The first-order valence-electron chi connectivity index (χ1n) is 7.67. The third-order valence-electron chi connectivity index (χ3n) is 3.87. The quantitative estimate of drug-likeness (QED) is 0.428. The maximum absolute atomic E-state index is 12.9. The van der Waals surface area contributed by atoms with Gasteiger partial charge in [-0.1, -0.05) is 5.92 Å². The zero-order chi connectivity index (χ0) is 18.4. The third-order valence-corrected chi connectivity index (χ3v) is 5.79. The maximum atomic E-state index is 12.9. The molecule has 1 fully saturated rings. The molecule has 1 aromatic carbocycles. The summed E-state index contributed by atoms with van der Waals surface area (Å²) >= 11 is 0. The molecule has 8 nitrogen and oxygen atoms in total. The van der Waals surface area contributed by atoms with E-state index in [2.05, 4.69) is 11.8 Å². The number of hydroxylamine groups is 1. The zero-order valence-electron chi connectivity index (χ0n) is 14.1. The predicted molar refractivity (Wildman–Crippen MR) is 90.5 cm³/mol. The summed E-state index contributed by atoms with van der Waals surface area (Å²) in [6.45, 7) is 2.77. The van der Waals surface area contributed by atoms with Crippen molar-refractivity contribution >= 4 is 15.9 Å². The number of hydrogen-bond acceptors (Lipinski definition) is 6. The van der Waals surface area contributed by atoms with E-state index in [1.54, 1.807) is 31.6 Å². The summed E-state index contributed by atoms with van der Waals surface area (Å²) in [5, 5.41) is 8.90. The van der Waals surface area contributed by atoms with Crippen molar-refractivity contribution in [2.75, 3.05) is 33.3 Å². The Hall–Kier alpha value is -2.12. The highest BCUT2D eigenvalue weighted by Gasteiger charge is 2.39. The Balaban J connectivity index is 2.23. The molecule has 0 radical (unpaired) electrons. The van der Waals surface area contributed by atoms with Gasteiger partial charge in [-0.25, -0.2) is 13.9 Å². The van der Waals surface area contributed by atoms with E-state index >= 15 is 0 Å². The van der Waals surface area contributed by atoms with Crippen LogP contribution in [-0.2, 0) is 14.8 Å². The molecular formula is C16H21N3O5S. The molecule has 1 aliphatic rings. The highest BCUT2D eigenvalue weighted by Crippen LogP contribution is 2.23. The Morgan fingerprint density at radius 1 is 1.36 bits per heavy atom. The van der Waals surface area contributed by atoms with E-state index in [0.717, 1.165) is 4.31 Å². The molecule has 2 rings (SSSR count). The van der Waals surface area contributed by atoms with Gasteiger partial charge in [0, 0.05) is 19.6 Å². The summed E-state index contributed by atoms with van der Waals surface area (Å²) in [5.74, 6) is 5.20. The van der Waals surface area contributed by atoms with Crippen molar-refractivity contribution in [3.05, 3.63) is 24.3 Å². The number of rotatable bonds is 5. The van der Waals surface area contributed by atoms with Crippen LogP contribution in [0.3, 0.4) is 0 Å². The number of carbonyl (C=O) groups excluding carboxylic acids is 1. The lowest BCUT2D eigenvalue weighted by molar-refractivity contribution is -0.134. The first-order valence-corrected chi connectivity index (χ1v) is 9.11. The second-order valence-electron chi connectivity index (χ2n) is 5.56. The molecule has 1 heterocycles. The molecule has 1 saturated heterocycles. The smallest absolute Gasteiger partial charge is 0.263 e. The molecule has 0 aromatic heterocycles. The van der Waals surface area contributed by atoms with Gasteiger partial charge in [-0.15, -0.1) is 5.92 Å². The Morgan fingerprint density at radius 2 is 2.04 bits per heavy atom. The van der Waals surface area contributed by atoms with Crippen LogP contribution >= 0.6 is 0 Å².